The van der Waals surface area contributed by atoms with E-state index in [2.05, 4.69) is 49.4 Å². The number of anilines is 3. The third kappa shape index (κ3) is 4.03. The Labute approximate surface area is 164 Å². The minimum atomic E-state index is -0.184. The molecule has 144 valence electrons. The smallest absolute Gasteiger partial charge is 0.247 e. The second-order valence-electron chi connectivity index (χ2n) is 6.85. The summed E-state index contributed by atoms with van der Waals surface area (Å²) in [4.78, 5) is 8.75. The van der Waals surface area contributed by atoms with Gasteiger partial charge in [-0.05, 0) is 30.2 Å². The quantitative estimate of drug-likeness (QED) is 0.736. The lowest BCUT2D eigenvalue weighted by Crippen LogP contribution is -2.47. The lowest BCUT2D eigenvalue weighted by Gasteiger charge is -2.36. The molecule has 2 heterocycles. The van der Waals surface area contributed by atoms with Crippen LogP contribution >= 0.6 is 0 Å². The van der Waals surface area contributed by atoms with Crippen LogP contribution in [0.25, 0.3) is 0 Å². The predicted molar refractivity (Wildman–Crippen MR) is 109 cm³/mol. The summed E-state index contributed by atoms with van der Waals surface area (Å²) in [5, 5.41) is 11.6. The topological polar surface area (TPSA) is 57.2 Å². The highest BCUT2D eigenvalue weighted by molar-refractivity contribution is 5.50. The summed E-state index contributed by atoms with van der Waals surface area (Å²) in [6.45, 7) is 5.65. The van der Waals surface area contributed by atoms with Gasteiger partial charge in [-0.25, -0.2) is 4.39 Å². The summed E-state index contributed by atoms with van der Waals surface area (Å²) in [5.41, 5.74) is 3.11. The first-order chi connectivity index (χ1) is 13.7. The SMILES string of the molecule is Cc1ccccc1CNc1cnnc(N2CCN(c3ccccc3F)CC2)n1. The van der Waals surface area contributed by atoms with Crippen molar-refractivity contribution in [2.75, 3.05) is 41.3 Å². The normalized spacial score (nSPS) is 14.2. The van der Waals surface area contributed by atoms with Crippen molar-refractivity contribution in [1.29, 1.82) is 0 Å². The van der Waals surface area contributed by atoms with Crippen LogP contribution in [0, 0.1) is 12.7 Å². The highest BCUT2D eigenvalue weighted by Crippen LogP contribution is 2.21. The molecular formula is C21H23FN6. The molecule has 7 heteroatoms. The van der Waals surface area contributed by atoms with Gasteiger partial charge in [0.15, 0.2) is 5.82 Å². The number of aromatic nitrogens is 3. The zero-order valence-corrected chi connectivity index (χ0v) is 15.8. The Hall–Kier alpha value is -3.22. The Morgan fingerprint density at radius 2 is 1.68 bits per heavy atom. The van der Waals surface area contributed by atoms with E-state index in [4.69, 9.17) is 0 Å². The second-order valence-corrected chi connectivity index (χ2v) is 6.85. The zero-order valence-electron chi connectivity index (χ0n) is 15.8. The highest BCUT2D eigenvalue weighted by Gasteiger charge is 2.21. The minimum absolute atomic E-state index is 0.184. The van der Waals surface area contributed by atoms with Crippen molar-refractivity contribution in [2.45, 2.75) is 13.5 Å². The summed E-state index contributed by atoms with van der Waals surface area (Å²) >= 11 is 0. The molecule has 1 aromatic heterocycles. The van der Waals surface area contributed by atoms with Crippen LogP contribution in [0.2, 0.25) is 0 Å². The fraction of sp³-hybridized carbons (Fsp3) is 0.286. The van der Waals surface area contributed by atoms with Gasteiger partial charge in [0.2, 0.25) is 5.95 Å². The molecule has 0 unspecified atom stereocenters. The first kappa shape index (κ1) is 18.2. The number of halogens is 1. The third-order valence-corrected chi connectivity index (χ3v) is 5.02. The molecule has 0 atom stereocenters. The molecule has 1 aliphatic heterocycles. The highest BCUT2D eigenvalue weighted by atomic mass is 19.1. The number of hydrogen-bond acceptors (Lipinski definition) is 6. The van der Waals surface area contributed by atoms with Gasteiger partial charge in [-0.3, -0.25) is 0 Å². The van der Waals surface area contributed by atoms with Gasteiger partial charge in [-0.2, -0.15) is 10.1 Å². The van der Waals surface area contributed by atoms with E-state index in [0.717, 1.165) is 13.1 Å². The van der Waals surface area contributed by atoms with E-state index in [1.807, 2.05) is 24.3 Å². The van der Waals surface area contributed by atoms with Crippen LogP contribution in [0.5, 0.6) is 0 Å². The summed E-state index contributed by atoms with van der Waals surface area (Å²) in [6, 6.07) is 15.1. The van der Waals surface area contributed by atoms with Crippen molar-refractivity contribution < 1.29 is 4.39 Å². The second kappa shape index (κ2) is 8.21. The van der Waals surface area contributed by atoms with Crippen LogP contribution in [0.3, 0.4) is 0 Å². The van der Waals surface area contributed by atoms with Crippen molar-refractivity contribution in [3.8, 4) is 0 Å². The fourth-order valence-corrected chi connectivity index (χ4v) is 3.36. The molecule has 0 bridgehead atoms. The Morgan fingerprint density at radius 3 is 2.46 bits per heavy atom. The summed E-state index contributed by atoms with van der Waals surface area (Å²) < 4.78 is 14.0. The predicted octanol–water partition coefficient (Wildman–Crippen LogP) is 3.26. The number of piperazine rings is 1. The zero-order chi connectivity index (χ0) is 19.3. The molecule has 0 aliphatic carbocycles. The molecular weight excluding hydrogens is 355 g/mol. The molecule has 1 N–H and O–H groups in total. The number of nitrogens with zero attached hydrogens (tertiary/aromatic N) is 5. The summed E-state index contributed by atoms with van der Waals surface area (Å²) in [6.07, 6.45) is 1.64. The van der Waals surface area contributed by atoms with Crippen LogP contribution in [0.1, 0.15) is 11.1 Å². The molecule has 4 rings (SSSR count). The molecule has 2 aromatic carbocycles. The first-order valence-electron chi connectivity index (χ1n) is 9.43. The van der Waals surface area contributed by atoms with Crippen LogP contribution in [0.15, 0.2) is 54.7 Å². The number of benzene rings is 2. The Balaban J connectivity index is 1.39. The monoisotopic (exact) mass is 378 g/mol. The first-order valence-corrected chi connectivity index (χ1v) is 9.43. The molecule has 6 nitrogen and oxygen atoms in total. The molecule has 3 aromatic rings. The molecule has 0 saturated carbocycles. The van der Waals surface area contributed by atoms with Crippen molar-refractivity contribution in [3.05, 3.63) is 71.7 Å². The van der Waals surface area contributed by atoms with Gasteiger partial charge in [0.05, 0.1) is 11.9 Å². The maximum Gasteiger partial charge on any atom is 0.247 e. The molecule has 1 aliphatic rings. The molecule has 0 spiro atoms. The molecule has 0 amide bonds. The van der Waals surface area contributed by atoms with Gasteiger partial charge < -0.3 is 15.1 Å². The number of para-hydroxylation sites is 1. The van der Waals surface area contributed by atoms with Crippen LogP contribution in [0.4, 0.5) is 21.8 Å². The van der Waals surface area contributed by atoms with Gasteiger partial charge in [0.25, 0.3) is 0 Å². The fourth-order valence-electron chi connectivity index (χ4n) is 3.36. The maximum atomic E-state index is 14.0. The molecule has 1 fully saturated rings. The summed E-state index contributed by atoms with van der Waals surface area (Å²) in [7, 11) is 0. The van der Waals surface area contributed by atoms with Crippen LogP contribution in [-0.2, 0) is 6.54 Å². The Kier molecular flexibility index (Phi) is 5.32. The van der Waals surface area contributed by atoms with E-state index < -0.39 is 0 Å². The largest absolute Gasteiger partial charge is 0.366 e. The lowest BCUT2D eigenvalue weighted by molar-refractivity contribution is 0.592. The molecule has 1 saturated heterocycles. The van der Waals surface area contributed by atoms with E-state index in [0.29, 0.717) is 37.1 Å². The van der Waals surface area contributed by atoms with E-state index in [9.17, 15) is 4.39 Å². The maximum absolute atomic E-state index is 14.0. The van der Waals surface area contributed by atoms with Gasteiger partial charge in [0.1, 0.15) is 5.82 Å². The number of rotatable bonds is 5. The van der Waals surface area contributed by atoms with E-state index >= 15 is 0 Å². The number of nitrogens with one attached hydrogen (secondary N) is 1. The minimum Gasteiger partial charge on any atom is -0.366 e. The third-order valence-electron chi connectivity index (χ3n) is 5.02. The van der Waals surface area contributed by atoms with Crippen molar-refractivity contribution in [1.82, 2.24) is 15.2 Å². The Bertz CT molecular complexity index is 939. The summed E-state index contributed by atoms with van der Waals surface area (Å²) in [5.74, 6) is 1.11. The average molecular weight is 378 g/mol. The Morgan fingerprint density at radius 1 is 0.964 bits per heavy atom. The van der Waals surface area contributed by atoms with Crippen molar-refractivity contribution in [3.63, 3.8) is 0 Å². The van der Waals surface area contributed by atoms with Crippen molar-refractivity contribution in [2.24, 2.45) is 0 Å². The number of aryl methyl sites for hydroxylation is 1. The van der Waals surface area contributed by atoms with E-state index in [1.165, 1.54) is 17.2 Å². The van der Waals surface area contributed by atoms with Gasteiger partial charge in [-0.1, -0.05) is 36.4 Å². The van der Waals surface area contributed by atoms with E-state index in [-0.39, 0.29) is 5.82 Å². The van der Waals surface area contributed by atoms with E-state index in [1.54, 1.807) is 12.3 Å². The van der Waals surface area contributed by atoms with Crippen molar-refractivity contribution >= 4 is 17.5 Å². The lowest BCUT2D eigenvalue weighted by atomic mass is 10.1. The van der Waals surface area contributed by atoms with Gasteiger partial charge >= 0.3 is 0 Å². The average Bonchev–Trinajstić information content (AvgIpc) is 2.74. The molecule has 28 heavy (non-hydrogen) atoms. The van der Waals surface area contributed by atoms with Crippen LogP contribution < -0.4 is 15.1 Å². The van der Waals surface area contributed by atoms with Gasteiger partial charge in [0, 0.05) is 32.7 Å². The molecule has 0 radical (unpaired) electrons. The standard InChI is InChI=1S/C21H23FN6/c1-16-6-2-3-7-17(16)14-23-20-15-24-26-21(25-20)28-12-10-27(11-13-28)19-9-5-4-8-18(19)22/h2-9,15H,10-14H2,1H3,(H,23,25,26). The van der Waals surface area contributed by atoms with Gasteiger partial charge in [-0.15, -0.1) is 5.10 Å². The number of hydrogen-bond donors (Lipinski definition) is 1. The van der Waals surface area contributed by atoms with Crippen LogP contribution in [-0.4, -0.2) is 41.4 Å².